The fraction of sp³-hybridized carbons (Fsp3) is 0.500. The number of carbonyl (C=O) groups excluding carboxylic acids is 2. The van der Waals surface area contributed by atoms with E-state index in [1.54, 1.807) is 17.0 Å². The Balaban J connectivity index is 1.54. The van der Waals surface area contributed by atoms with Gasteiger partial charge in [0.15, 0.2) is 0 Å². The van der Waals surface area contributed by atoms with Crippen molar-refractivity contribution in [3.63, 3.8) is 0 Å². The summed E-state index contributed by atoms with van der Waals surface area (Å²) in [6, 6.07) is 7.19. The van der Waals surface area contributed by atoms with Crippen LogP contribution in [0, 0.1) is 0 Å². The molecule has 0 atom stereocenters. The molecule has 23 heavy (non-hydrogen) atoms. The van der Waals surface area contributed by atoms with Crippen molar-refractivity contribution in [1.82, 2.24) is 5.32 Å². The highest BCUT2D eigenvalue weighted by Gasteiger charge is 2.20. The van der Waals surface area contributed by atoms with Crippen molar-refractivity contribution in [1.29, 1.82) is 0 Å². The number of benzene rings is 1. The van der Waals surface area contributed by atoms with Gasteiger partial charge >= 0.3 is 6.03 Å². The van der Waals surface area contributed by atoms with Crippen LogP contribution in [0.4, 0.5) is 16.2 Å². The summed E-state index contributed by atoms with van der Waals surface area (Å²) in [5.41, 5.74) is 1.51. The molecule has 2 heterocycles. The summed E-state index contributed by atoms with van der Waals surface area (Å²) >= 11 is 0. The first-order chi connectivity index (χ1) is 11.2. The molecule has 0 radical (unpaired) electrons. The Bertz CT molecular complexity index is 555. The van der Waals surface area contributed by atoms with E-state index < -0.39 is 0 Å². The lowest BCUT2D eigenvalue weighted by atomic mass is 10.1. The molecule has 7 nitrogen and oxygen atoms in total. The average molecular weight is 319 g/mol. The van der Waals surface area contributed by atoms with Crippen LogP contribution in [0.2, 0.25) is 0 Å². The Labute approximate surface area is 134 Å². The van der Waals surface area contributed by atoms with Crippen LogP contribution in [-0.4, -0.2) is 51.0 Å². The van der Waals surface area contributed by atoms with E-state index in [9.17, 15) is 9.59 Å². The molecule has 0 aliphatic carbocycles. The predicted octanol–water partition coefficient (Wildman–Crippen LogP) is 1.35. The zero-order chi connectivity index (χ0) is 16.1. The molecule has 0 saturated carbocycles. The largest absolute Gasteiger partial charge is 0.381 e. The zero-order valence-electron chi connectivity index (χ0n) is 12.9. The van der Waals surface area contributed by atoms with Gasteiger partial charge in [0.05, 0.1) is 6.61 Å². The fourth-order valence-corrected chi connectivity index (χ4v) is 2.71. The van der Waals surface area contributed by atoms with Crippen molar-refractivity contribution < 1.29 is 19.1 Å². The highest BCUT2D eigenvalue weighted by Crippen LogP contribution is 2.19. The number of anilines is 2. The van der Waals surface area contributed by atoms with Crippen LogP contribution in [0.5, 0.6) is 0 Å². The van der Waals surface area contributed by atoms with Gasteiger partial charge in [-0.3, -0.25) is 4.79 Å². The number of rotatable bonds is 3. The summed E-state index contributed by atoms with van der Waals surface area (Å²) in [6.45, 7) is 2.59. The van der Waals surface area contributed by atoms with E-state index in [0.717, 1.165) is 18.5 Å². The molecular formula is C16H21N3O4. The van der Waals surface area contributed by atoms with Crippen LogP contribution in [0.25, 0.3) is 0 Å². The number of amides is 3. The Morgan fingerprint density at radius 3 is 2.52 bits per heavy atom. The van der Waals surface area contributed by atoms with Gasteiger partial charge in [0.2, 0.25) is 0 Å². The molecule has 0 spiro atoms. The number of nitrogens with zero attached hydrogens (tertiary/aromatic N) is 1. The molecule has 0 unspecified atom stereocenters. The van der Waals surface area contributed by atoms with Crippen LogP contribution >= 0.6 is 0 Å². The minimum absolute atomic E-state index is 0.0470. The third kappa shape index (κ3) is 4.20. The molecule has 0 bridgehead atoms. The number of nitrogens with one attached hydrogen (secondary N) is 2. The van der Waals surface area contributed by atoms with Crippen molar-refractivity contribution in [2.24, 2.45) is 0 Å². The third-order valence-electron chi connectivity index (χ3n) is 3.98. The summed E-state index contributed by atoms with van der Waals surface area (Å²) in [6.07, 6.45) is 1.68. The van der Waals surface area contributed by atoms with Gasteiger partial charge < -0.3 is 25.0 Å². The van der Waals surface area contributed by atoms with E-state index in [0.29, 0.717) is 32.1 Å². The van der Waals surface area contributed by atoms with Gasteiger partial charge in [0, 0.05) is 37.2 Å². The van der Waals surface area contributed by atoms with Crippen molar-refractivity contribution in [3.05, 3.63) is 24.3 Å². The molecule has 2 saturated heterocycles. The molecule has 2 fully saturated rings. The molecule has 0 aromatic heterocycles. The standard InChI is InChI=1S/C16H21N3O4/c20-15-11-23-10-7-19(15)14-3-1-12(2-4-14)17-16(21)18-13-5-8-22-9-6-13/h1-4,13H,5-11H2,(H2,17,18,21). The van der Waals surface area contributed by atoms with Crippen LogP contribution in [-0.2, 0) is 14.3 Å². The molecule has 2 aliphatic rings. The normalized spacial score (nSPS) is 19.5. The van der Waals surface area contributed by atoms with Crippen LogP contribution < -0.4 is 15.5 Å². The second-order valence-corrected chi connectivity index (χ2v) is 5.63. The van der Waals surface area contributed by atoms with E-state index in [2.05, 4.69) is 10.6 Å². The summed E-state index contributed by atoms with van der Waals surface area (Å²) < 4.78 is 10.4. The van der Waals surface area contributed by atoms with Gasteiger partial charge in [-0.15, -0.1) is 0 Å². The first-order valence-corrected chi connectivity index (χ1v) is 7.86. The van der Waals surface area contributed by atoms with Crippen molar-refractivity contribution in [2.75, 3.05) is 43.2 Å². The number of hydrogen-bond acceptors (Lipinski definition) is 4. The van der Waals surface area contributed by atoms with Gasteiger partial charge in [0.25, 0.3) is 5.91 Å². The lowest BCUT2D eigenvalue weighted by Gasteiger charge is -2.27. The first-order valence-electron chi connectivity index (χ1n) is 7.86. The van der Waals surface area contributed by atoms with Crippen molar-refractivity contribution in [3.8, 4) is 0 Å². The van der Waals surface area contributed by atoms with E-state index in [-0.39, 0.29) is 24.6 Å². The van der Waals surface area contributed by atoms with Gasteiger partial charge in [-0.2, -0.15) is 0 Å². The Morgan fingerprint density at radius 2 is 1.83 bits per heavy atom. The highest BCUT2D eigenvalue weighted by atomic mass is 16.5. The van der Waals surface area contributed by atoms with E-state index in [1.807, 2.05) is 12.1 Å². The molecule has 7 heteroatoms. The molecule has 2 aliphatic heterocycles. The maximum Gasteiger partial charge on any atom is 0.319 e. The number of hydrogen-bond donors (Lipinski definition) is 2. The lowest BCUT2D eigenvalue weighted by Crippen LogP contribution is -2.41. The van der Waals surface area contributed by atoms with Crippen LogP contribution in [0.3, 0.4) is 0 Å². The topological polar surface area (TPSA) is 79.9 Å². The minimum atomic E-state index is -0.216. The Kier molecular flexibility index (Phi) is 5.09. The SMILES string of the molecule is O=C(Nc1ccc(N2CCOCC2=O)cc1)NC1CCOCC1. The summed E-state index contributed by atoms with van der Waals surface area (Å²) in [5.74, 6) is -0.0470. The molecule has 3 amide bonds. The number of ether oxygens (including phenoxy) is 2. The molecule has 3 rings (SSSR count). The van der Waals surface area contributed by atoms with Gasteiger partial charge in [-0.05, 0) is 37.1 Å². The van der Waals surface area contributed by atoms with Gasteiger partial charge in [-0.1, -0.05) is 0 Å². The smallest absolute Gasteiger partial charge is 0.319 e. The first kappa shape index (κ1) is 15.8. The maximum atomic E-state index is 12.0. The molecule has 1 aromatic carbocycles. The van der Waals surface area contributed by atoms with Gasteiger partial charge in [-0.25, -0.2) is 4.79 Å². The van der Waals surface area contributed by atoms with Crippen LogP contribution in [0.1, 0.15) is 12.8 Å². The third-order valence-corrected chi connectivity index (χ3v) is 3.98. The lowest BCUT2D eigenvalue weighted by molar-refractivity contribution is -0.125. The summed E-state index contributed by atoms with van der Waals surface area (Å²) in [4.78, 5) is 25.5. The van der Waals surface area contributed by atoms with Crippen molar-refractivity contribution >= 4 is 23.3 Å². The molecule has 1 aromatic rings. The van der Waals surface area contributed by atoms with Gasteiger partial charge in [0.1, 0.15) is 6.61 Å². The Hall–Kier alpha value is -2.12. The second kappa shape index (κ2) is 7.43. The maximum absolute atomic E-state index is 12.0. The summed E-state index contributed by atoms with van der Waals surface area (Å²) in [5, 5.41) is 5.75. The fourth-order valence-electron chi connectivity index (χ4n) is 2.71. The molecule has 2 N–H and O–H groups in total. The number of morpholine rings is 1. The predicted molar refractivity (Wildman–Crippen MR) is 85.6 cm³/mol. The Morgan fingerprint density at radius 1 is 1.09 bits per heavy atom. The van der Waals surface area contributed by atoms with E-state index >= 15 is 0 Å². The second-order valence-electron chi connectivity index (χ2n) is 5.63. The summed E-state index contributed by atoms with van der Waals surface area (Å²) in [7, 11) is 0. The highest BCUT2D eigenvalue weighted by molar-refractivity contribution is 5.95. The zero-order valence-corrected chi connectivity index (χ0v) is 12.9. The average Bonchev–Trinajstić information content (AvgIpc) is 2.57. The minimum Gasteiger partial charge on any atom is -0.381 e. The molecule has 124 valence electrons. The monoisotopic (exact) mass is 319 g/mol. The number of carbonyl (C=O) groups is 2. The molecular weight excluding hydrogens is 298 g/mol. The quantitative estimate of drug-likeness (QED) is 0.881. The van der Waals surface area contributed by atoms with Crippen molar-refractivity contribution in [2.45, 2.75) is 18.9 Å². The van der Waals surface area contributed by atoms with E-state index in [1.165, 1.54) is 0 Å². The van der Waals surface area contributed by atoms with Crippen LogP contribution in [0.15, 0.2) is 24.3 Å². The van der Waals surface area contributed by atoms with E-state index in [4.69, 9.17) is 9.47 Å². The number of urea groups is 1.